The minimum Gasteiger partial charge on any atom is -0.383 e. The smallest absolute Gasteiger partial charge is 0.144 e. The predicted molar refractivity (Wildman–Crippen MR) is 59.5 cm³/mol. The number of aromatic nitrogens is 2. The molecular formula is C9H9BrN4. The number of halogens is 1. The number of fused-ring (bicyclic) bond motifs is 1. The summed E-state index contributed by atoms with van der Waals surface area (Å²) in [7, 11) is 0. The predicted octanol–water partition coefficient (Wildman–Crippen LogP) is 1.43. The lowest BCUT2D eigenvalue weighted by molar-refractivity contribution is 0.930. The Morgan fingerprint density at radius 2 is 2.07 bits per heavy atom. The number of benzene rings is 1. The lowest BCUT2D eigenvalue weighted by atomic mass is 10.2. The van der Waals surface area contributed by atoms with Crippen molar-refractivity contribution in [1.29, 1.82) is 0 Å². The van der Waals surface area contributed by atoms with E-state index in [1.807, 2.05) is 18.2 Å². The molecule has 0 aliphatic heterocycles. The maximum atomic E-state index is 5.76. The summed E-state index contributed by atoms with van der Waals surface area (Å²) in [4.78, 5) is 8.35. The number of rotatable bonds is 1. The van der Waals surface area contributed by atoms with Gasteiger partial charge in [-0.15, -0.1) is 0 Å². The Bertz CT molecular complexity index is 483. The van der Waals surface area contributed by atoms with Gasteiger partial charge >= 0.3 is 0 Å². The Labute approximate surface area is 89.5 Å². The van der Waals surface area contributed by atoms with Gasteiger partial charge in [0.25, 0.3) is 0 Å². The van der Waals surface area contributed by atoms with Crippen molar-refractivity contribution in [2.24, 2.45) is 5.73 Å². The SMILES string of the molecule is NCc1nc(N)c2ccc(Br)cc2n1. The maximum Gasteiger partial charge on any atom is 0.144 e. The van der Waals surface area contributed by atoms with E-state index in [0.29, 0.717) is 18.2 Å². The van der Waals surface area contributed by atoms with Crippen LogP contribution in [0.5, 0.6) is 0 Å². The van der Waals surface area contributed by atoms with Crippen molar-refractivity contribution in [3.63, 3.8) is 0 Å². The average molecular weight is 253 g/mol. The van der Waals surface area contributed by atoms with Gasteiger partial charge in [-0.3, -0.25) is 0 Å². The number of hydrogen-bond donors (Lipinski definition) is 2. The van der Waals surface area contributed by atoms with E-state index in [1.165, 1.54) is 0 Å². The Morgan fingerprint density at radius 3 is 2.79 bits per heavy atom. The van der Waals surface area contributed by atoms with E-state index in [1.54, 1.807) is 0 Å². The van der Waals surface area contributed by atoms with Crippen molar-refractivity contribution < 1.29 is 0 Å². The van der Waals surface area contributed by atoms with E-state index < -0.39 is 0 Å². The third-order valence-electron chi connectivity index (χ3n) is 1.92. The topological polar surface area (TPSA) is 77.8 Å². The molecule has 0 saturated heterocycles. The molecule has 0 atom stereocenters. The van der Waals surface area contributed by atoms with Crippen molar-refractivity contribution in [2.75, 3.05) is 5.73 Å². The maximum absolute atomic E-state index is 5.76. The van der Waals surface area contributed by atoms with Crippen LogP contribution in [0.3, 0.4) is 0 Å². The molecule has 0 aliphatic carbocycles. The quantitative estimate of drug-likeness (QED) is 0.805. The van der Waals surface area contributed by atoms with Crippen LogP contribution < -0.4 is 11.5 Å². The van der Waals surface area contributed by atoms with Crippen LogP contribution in [-0.2, 0) is 6.54 Å². The number of anilines is 1. The van der Waals surface area contributed by atoms with E-state index in [2.05, 4.69) is 25.9 Å². The minimum absolute atomic E-state index is 0.298. The third kappa shape index (κ3) is 1.56. The van der Waals surface area contributed by atoms with E-state index >= 15 is 0 Å². The average Bonchev–Trinajstić information content (AvgIpc) is 2.16. The summed E-state index contributed by atoms with van der Waals surface area (Å²) in [6.45, 7) is 0.298. The van der Waals surface area contributed by atoms with Crippen LogP contribution in [0.25, 0.3) is 10.9 Å². The van der Waals surface area contributed by atoms with Crippen LogP contribution in [0.4, 0.5) is 5.82 Å². The normalized spacial score (nSPS) is 10.7. The second-order valence-corrected chi connectivity index (χ2v) is 3.81. The standard InChI is InChI=1S/C9H9BrN4/c10-5-1-2-6-7(3-5)13-8(4-11)14-9(6)12/h1-3H,4,11H2,(H2,12,13,14). The molecular weight excluding hydrogens is 244 g/mol. The molecule has 0 aliphatic rings. The first kappa shape index (κ1) is 9.36. The molecule has 72 valence electrons. The monoisotopic (exact) mass is 252 g/mol. The molecule has 1 heterocycles. The van der Waals surface area contributed by atoms with Gasteiger partial charge in [0.1, 0.15) is 11.6 Å². The van der Waals surface area contributed by atoms with Crippen LogP contribution in [0, 0.1) is 0 Å². The van der Waals surface area contributed by atoms with E-state index in [0.717, 1.165) is 15.4 Å². The number of nitrogens with two attached hydrogens (primary N) is 2. The fourth-order valence-corrected chi connectivity index (χ4v) is 1.62. The minimum atomic E-state index is 0.298. The van der Waals surface area contributed by atoms with Crippen molar-refractivity contribution in [3.05, 3.63) is 28.5 Å². The summed E-state index contributed by atoms with van der Waals surface area (Å²) in [6, 6.07) is 5.69. The zero-order chi connectivity index (χ0) is 10.1. The summed E-state index contributed by atoms with van der Waals surface area (Å²) >= 11 is 3.37. The molecule has 0 radical (unpaired) electrons. The fourth-order valence-electron chi connectivity index (χ4n) is 1.27. The first-order valence-corrected chi connectivity index (χ1v) is 4.91. The zero-order valence-corrected chi connectivity index (χ0v) is 8.95. The van der Waals surface area contributed by atoms with Crippen LogP contribution in [0.2, 0.25) is 0 Å². The van der Waals surface area contributed by atoms with Crippen molar-refractivity contribution in [1.82, 2.24) is 9.97 Å². The molecule has 5 heteroatoms. The van der Waals surface area contributed by atoms with Crippen molar-refractivity contribution in [3.8, 4) is 0 Å². The van der Waals surface area contributed by atoms with Gasteiger partial charge in [0.15, 0.2) is 0 Å². The summed E-state index contributed by atoms with van der Waals surface area (Å²) in [5.74, 6) is 1.04. The van der Waals surface area contributed by atoms with Gasteiger partial charge < -0.3 is 11.5 Å². The molecule has 0 amide bonds. The highest BCUT2D eigenvalue weighted by Gasteiger charge is 2.03. The largest absolute Gasteiger partial charge is 0.383 e. The highest BCUT2D eigenvalue weighted by atomic mass is 79.9. The molecule has 4 nitrogen and oxygen atoms in total. The van der Waals surface area contributed by atoms with Gasteiger partial charge in [-0.25, -0.2) is 9.97 Å². The fraction of sp³-hybridized carbons (Fsp3) is 0.111. The molecule has 1 aromatic heterocycles. The molecule has 0 bridgehead atoms. The van der Waals surface area contributed by atoms with Gasteiger partial charge in [0.05, 0.1) is 12.1 Å². The van der Waals surface area contributed by atoms with Gasteiger partial charge in [0, 0.05) is 9.86 Å². The first-order chi connectivity index (χ1) is 6.70. The molecule has 2 rings (SSSR count). The first-order valence-electron chi connectivity index (χ1n) is 4.12. The van der Waals surface area contributed by atoms with E-state index in [-0.39, 0.29) is 0 Å². The number of nitrogen functional groups attached to an aromatic ring is 1. The molecule has 4 N–H and O–H groups in total. The van der Waals surface area contributed by atoms with Crippen molar-refractivity contribution >= 4 is 32.7 Å². The number of hydrogen-bond acceptors (Lipinski definition) is 4. The molecule has 2 aromatic rings. The van der Waals surface area contributed by atoms with Crippen LogP contribution in [-0.4, -0.2) is 9.97 Å². The molecule has 0 spiro atoms. The second-order valence-electron chi connectivity index (χ2n) is 2.89. The molecule has 1 aromatic carbocycles. The van der Waals surface area contributed by atoms with Crippen LogP contribution in [0.1, 0.15) is 5.82 Å². The molecule has 0 fully saturated rings. The van der Waals surface area contributed by atoms with Gasteiger partial charge in [0.2, 0.25) is 0 Å². The van der Waals surface area contributed by atoms with E-state index in [4.69, 9.17) is 11.5 Å². The van der Waals surface area contributed by atoms with E-state index in [9.17, 15) is 0 Å². The summed E-state index contributed by atoms with van der Waals surface area (Å²) in [6.07, 6.45) is 0. The second kappa shape index (κ2) is 3.51. The van der Waals surface area contributed by atoms with Crippen LogP contribution in [0.15, 0.2) is 22.7 Å². The number of nitrogens with zero attached hydrogens (tertiary/aromatic N) is 2. The summed E-state index contributed by atoms with van der Waals surface area (Å²) < 4.78 is 0.964. The van der Waals surface area contributed by atoms with Gasteiger partial charge in [-0.2, -0.15) is 0 Å². The Kier molecular flexibility index (Phi) is 2.35. The highest BCUT2D eigenvalue weighted by Crippen LogP contribution is 2.21. The summed E-state index contributed by atoms with van der Waals surface area (Å²) in [5.41, 5.74) is 12.0. The molecule has 14 heavy (non-hydrogen) atoms. The van der Waals surface area contributed by atoms with Crippen molar-refractivity contribution in [2.45, 2.75) is 6.54 Å². The van der Waals surface area contributed by atoms with Crippen LogP contribution >= 0.6 is 15.9 Å². The lowest BCUT2D eigenvalue weighted by Crippen LogP contribution is -2.05. The molecule has 0 saturated carbocycles. The Balaban J connectivity index is 2.77. The zero-order valence-electron chi connectivity index (χ0n) is 7.37. The summed E-state index contributed by atoms with van der Waals surface area (Å²) in [5, 5.41) is 0.852. The highest BCUT2D eigenvalue weighted by molar-refractivity contribution is 9.10. The molecule has 0 unspecified atom stereocenters. The third-order valence-corrected chi connectivity index (χ3v) is 2.41. The Morgan fingerprint density at radius 1 is 1.29 bits per heavy atom. The lowest BCUT2D eigenvalue weighted by Gasteiger charge is -2.03. The van der Waals surface area contributed by atoms with Gasteiger partial charge in [-0.1, -0.05) is 15.9 Å². The Hall–Kier alpha value is -1.20. The van der Waals surface area contributed by atoms with Gasteiger partial charge in [-0.05, 0) is 18.2 Å².